The van der Waals surface area contributed by atoms with Crippen LogP contribution < -0.4 is 0 Å². The standard InChI is InChI=1S/C19H16N6O/c26-19(17-7-3-1-5-13(17)9-15-11-20-24-22-15)18-8-4-2-6-14(18)10-16-12-21-25-23-16/h1-8,11-12H,9-10H2,(H,20,22,24)(H,21,23,25). The summed E-state index contributed by atoms with van der Waals surface area (Å²) in [6, 6.07) is 15.2. The quantitative estimate of drug-likeness (QED) is 0.523. The summed E-state index contributed by atoms with van der Waals surface area (Å²) in [6.07, 6.45) is 4.42. The Morgan fingerprint density at radius 1 is 0.731 bits per heavy atom. The highest BCUT2D eigenvalue weighted by molar-refractivity contribution is 6.10. The molecule has 2 aromatic carbocycles. The van der Waals surface area contributed by atoms with Crippen molar-refractivity contribution in [2.75, 3.05) is 0 Å². The molecule has 0 radical (unpaired) electrons. The molecule has 4 rings (SSSR count). The van der Waals surface area contributed by atoms with E-state index >= 15 is 0 Å². The van der Waals surface area contributed by atoms with Crippen molar-refractivity contribution in [3.63, 3.8) is 0 Å². The molecule has 0 atom stereocenters. The summed E-state index contributed by atoms with van der Waals surface area (Å²) >= 11 is 0. The van der Waals surface area contributed by atoms with Crippen molar-refractivity contribution in [1.29, 1.82) is 0 Å². The second-order valence-electron chi connectivity index (χ2n) is 5.92. The molecule has 0 saturated heterocycles. The van der Waals surface area contributed by atoms with Crippen LogP contribution in [0.4, 0.5) is 0 Å². The van der Waals surface area contributed by atoms with Gasteiger partial charge in [-0.25, -0.2) is 0 Å². The first-order chi connectivity index (χ1) is 12.8. The summed E-state index contributed by atoms with van der Waals surface area (Å²) in [5, 5.41) is 21.0. The third-order valence-corrected chi connectivity index (χ3v) is 4.20. The van der Waals surface area contributed by atoms with Crippen molar-refractivity contribution < 1.29 is 4.79 Å². The average molecular weight is 344 g/mol. The third kappa shape index (κ3) is 3.27. The van der Waals surface area contributed by atoms with Crippen LogP contribution in [0.2, 0.25) is 0 Å². The lowest BCUT2D eigenvalue weighted by molar-refractivity contribution is 0.103. The molecule has 0 fully saturated rings. The number of rotatable bonds is 6. The van der Waals surface area contributed by atoms with Crippen LogP contribution >= 0.6 is 0 Å². The second kappa shape index (κ2) is 7.10. The van der Waals surface area contributed by atoms with Gasteiger partial charge in [0.25, 0.3) is 0 Å². The van der Waals surface area contributed by atoms with Gasteiger partial charge in [0.1, 0.15) is 0 Å². The van der Waals surface area contributed by atoms with E-state index in [1.807, 2.05) is 48.5 Å². The highest BCUT2D eigenvalue weighted by Gasteiger charge is 2.17. The summed E-state index contributed by atoms with van der Waals surface area (Å²) < 4.78 is 0. The van der Waals surface area contributed by atoms with Crippen LogP contribution in [0.5, 0.6) is 0 Å². The van der Waals surface area contributed by atoms with Gasteiger partial charge in [-0.2, -0.15) is 30.8 Å². The highest BCUT2D eigenvalue weighted by Crippen LogP contribution is 2.21. The van der Waals surface area contributed by atoms with Crippen molar-refractivity contribution in [1.82, 2.24) is 30.8 Å². The molecule has 7 heteroatoms. The van der Waals surface area contributed by atoms with Crippen molar-refractivity contribution >= 4 is 5.78 Å². The molecule has 0 saturated carbocycles. The second-order valence-corrected chi connectivity index (χ2v) is 5.92. The number of hydrogen-bond donors (Lipinski definition) is 2. The Balaban J connectivity index is 1.68. The maximum Gasteiger partial charge on any atom is 0.193 e. The molecule has 2 N–H and O–H groups in total. The first-order valence-electron chi connectivity index (χ1n) is 8.21. The van der Waals surface area contributed by atoms with Crippen LogP contribution in [-0.2, 0) is 12.8 Å². The number of nitrogens with zero attached hydrogens (tertiary/aromatic N) is 4. The van der Waals surface area contributed by atoms with E-state index in [2.05, 4.69) is 30.8 Å². The van der Waals surface area contributed by atoms with Crippen molar-refractivity contribution in [2.45, 2.75) is 12.8 Å². The molecular weight excluding hydrogens is 328 g/mol. The lowest BCUT2D eigenvalue weighted by Gasteiger charge is -2.11. The number of carbonyl (C=O) groups excluding carboxylic acids is 1. The Morgan fingerprint density at radius 3 is 1.62 bits per heavy atom. The smallest absolute Gasteiger partial charge is 0.193 e. The molecule has 4 aromatic rings. The van der Waals surface area contributed by atoms with Crippen molar-refractivity contribution in [3.8, 4) is 0 Å². The average Bonchev–Trinajstić information content (AvgIpc) is 3.36. The van der Waals surface area contributed by atoms with Gasteiger partial charge in [-0.1, -0.05) is 48.5 Å². The van der Waals surface area contributed by atoms with Gasteiger partial charge >= 0.3 is 0 Å². The number of H-pyrrole nitrogens is 2. The molecule has 128 valence electrons. The summed E-state index contributed by atoms with van der Waals surface area (Å²) in [5.41, 5.74) is 4.76. The van der Waals surface area contributed by atoms with Gasteiger partial charge in [0.15, 0.2) is 5.78 Å². The number of benzene rings is 2. The number of aromatic nitrogens is 6. The van der Waals surface area contributed by atoms with Crippen LogP contribution in [-0.4, -0.2) is 36.6 Å². The van der Waals surface area contributed by atoms with Gasteiger partial charge in [-0.05, 0) is 11.1 Å². The topological polar surface area (TPSA) is 100 Å². The minimum absolute atomic E-state index is 0.0109. The van der Waals surface area contributed by atoms with E-state index in [-0.39, 0.29) is 5.78 Å². The number of hydrogen-bond acceptors (Lipinski definition) is 5. The molecule has 7 nitrogen and oxygen atoms in total. The van der Waals surface area contributed by atoms with Crippen LogP contribution in [0.3, 0.4) is 0 Å². The lowest BCUT2D eigenvalue weighted by atomic mass is 9.92. The minimum Gasteiger partial charge on any atom is -0.289 e. The fraction of sp³-hybridized carbons (Fsp3) is 0.105. The van der Waals surface area contributed by atoms with Gasteiger partial charge < -0.3 is 0 Å². The van der Waals surface area contributed by atoms with Gasteiger partial charge in [0.05, 0.1) is 23.8 Å². The number of aromatic amines is 2. The normalized spacial score (nSPS) is 10.8. The monoisotopic (exact) mass is 344 g/mol. The summed E-state index contributed by atoms with van der Waals surface area (Å²) in [4.78, 5) is 13.3. The number of carbonyl (C=O) groups is 1. The van der Waals surface area contributed by atoms with Gasteiger partial charge in [-0.3, -0.25) is 4.79 Å². The summed E-state index contributed by atoms with van der Waals surface area (Å²) in [6.45, 7) is 0. The lowest BCUT2D eigenvalue weighted by Crippen LogP contribution is -2.09. The first-order valence-corrected chi connectivity index (χ1v) is 8.21. The molecule has 0 spiro atoms. The van der Waals surface area contributed by atoms with Crippen molar-refractivity contribution in [2.24, 2.45) is 0 Å². The third-order valence-electron chi connectivity index (χ3n) is 4.20. The van der Waals surface area contributed by atoms with Gasteiger partial charge in [-0.15, -0.1) is 0 Å². The Labute approximate surface area is 149 Å². The van der Waals surface area contributed by atoms with E-state index in [4.69, 9.17) is 0 Å². The molecular formula is C19H16N6O. The van der Waals surface area contributed by atoms with Crippen molar-refractivity contribution in [3.05, 3.63) is 94.6 Å². The fourth-order valence-corrected chi connectivity index (χ4v) is 2.95. The predicted octanol–water partition coefficient (Wildman–Crippen LogP) is 2.34. The highest BCUT2D eigenvalue weighted by atomic mass is 16.1. The SMILES string of the molecule is O=C(c1ccccc1Cc1cn[nH]n1)c1ccccc1Cc1cn[nH]n1. The Morgan fingerprint density at radius 2 is 1.19 bits per heavy atom. The fourth-order valence-electron chi connectivity index (χ4n) is 2.95. The zero-order valence-corrected chi connectivity index (χ0v) is 13.9. The van der Waals surface area contributed by atoms with Crippen LogP contribution in [0.15, 0.2) is 60.9 Å². The molecule has 2 heterocycles. The molecule has 2 aromatic heterocycles. The zero-order chi connectivity index (χ0) is 17.8. The maximum absolute atomic E-state index is 13.3. The molecule has 0 amide bonds. The molecule has 0 aliphatic rings. The van der Waals surface area contributed by atoms with E-state index in [1.165, 1.54) is 0 Å². The molecule has 0 aliphatic heterocycles. The molecule has 0 unspecified atom stereocenters. The van der Waals surface area contributed by atoms with Gasteiger partial charge in [0, 0.05) is 24.0 Å². The first kappa shape index (κ1) is 15.9. The van der Waals surface area contributed by atoms with Crippen LogP contribution in [0, 0.1) is 0 Å². The number of nitrogens with one attached hydrogen (secondary N) is 2. The Kier molecular flexibility index (Phi) is 4.34. The largest absolute Gasteiger partial charge is 0.289 e. The molecule has 26 heavy (non-hydrogen) atoms. The maximum atomic E-state index is 13.3. The number of ketones is 1. The Hall–Kier alpha value is -3.61. The summed E-state index contributed by atoms with van der Waals surface area (Å²) in [5.74, 6) is -0.0109. The van der Waals surface area contributed by atoms with E-state index < -0.39 is 0 Å². The minimum atomic E-state index is -0.0109. The van der Waals surface area contributed by atoms with E-state index in [0.717, 1.165) is 22.5 Å². The zero-order valence-electron chi connectivity index (χ0n) is 13.9. The van der Waals surface area contributed by atoms with E-state index in [9.17, 15) is 4.79 Å². The van der Waals surface area contributed by atoms with E-state index in [1.54, 1.807) is 12.4 Å². The molecule has 0 bridgehead atoms. The van der Waals surface area contributed by atoms with E-state index in [0.29, 0.717) is 24.0 Å². The van der Waals surface area contributed by atoms with Crippen LogP contribution in [0.1, 0.15) is 38.4 Å². The summed E-state index contributed by atoms with van der Waals surface area (Å²) in [7, 11) is 0. The molecule has 0 aliphatic carbocycles. The predicted molar refractivity (Wildman–Crippen MR) is 94.7 cm³/mol. The Bertz CT molecular complexity index is 926. The van der Waals surface area contributed by atoms with Gasteiger partial charge in [0.2, 0.25) is 0 Å². The van der Waals surface area contributed by atoms with Crippen LogP contribution in [0.25, 0.3) is 0 Å².